The monoisotopic (exact) mass is 313 g/mol. The van der Waals surface area contributed by atoms with E-state index in [-0.39, 0.29) is 6.04 Å². The van der Waals surface area contributed by atoms with Crippen LogP contribution in [0.5, 0.6) is 0 Å². The summed E-state index contributed by atoms with van der Waals surface area (Å²) in [4.78, 5) is 1.23. The molecular formula is C12H12BrNS2. The Morgan fingerprint density at radius 3 is 2.75 bits per heavy atom. The van der Waals surface area contributed by atoms with Gasteiger partial charge in [0.25, 0.3) is 0 Å². The zero-order valence-corrected chi connectivity index (χ0v) is 12.0. The van der Waals surface area contributed by atoms with E-state index in [2.05, 4.69) is 51.6 Å². The minimum Gasteiger partial charge on any atom is -0.324 e. The predicted octanol–water partition coefficient (Wildman–Crippen LogP) is 4.68. The third-order valence-corrected chi connectivity index (χ3v) is 4.89. The molecule has 1 atom stereocenters. The predicted molar refractivity (Wildman–Crippen MR) is 75.2 cm³/mol. The van der Waals surface area contributed by atoms with E-state index in [0.29, 0.717) is 0 Å². The second-order valence-corrected chi connectivity index (χ2v) is 6.68. The first-order valence-corrected chi connectivity index (χ1v) is 7.42. The molecule has 0 aliphatic rings. The molecule has 0 saturated heterocycles. The molecule has 0 aliphatic carbocycles. The fraction of sp³-hybridized carbons (Fsp3) is 0.167. The summed E-state index contributed by atoms with van der Waals surface area (Å²) < 4.78 is 2.39. The smallest absolute Gasteiger partial charge is 0.0646 e. The number of benzene rings is 1. The molecule has 2 rings (SSSR count). The van der Waals surface area contributed by atoms with E-state index in [1.54, 1.807) is 23.1 Å². The van der Waals surface area contributed by atoms with Crippen LogP contribution in [-0.2, 0) is 0 Å². The van der Waals surface area contributed by atoms with Crippen LogP contribution in [0.4, 0.5) is 0 Å². The molecule has 2 aromatic rings. The van der Waals surface area contributed by atoms with E-state index in [1.807, 2.05) is 6.92 Å². The number of hydrogen-bond donors (Lipinski definition) is 1. The molecule has 0 unspecified atom stereocenters. The largest absolute Gasteiger partial charge is 0.324 e. The topological polar surface area (TPSA) is 26.0 Å². The lowest BCUT2D eigenvalue weighted by atomic mass is 10.1. The number of nitrogens with two attached hydrogens (primary N) is 1. The summed E-state index contributed by atoms with van der Waals surface area (Å²) in [6.45, 7) is 1.99. The highest BCUT2D eigenvalue weighted by Gasteiger charge is 2.06. The quantitative estimate of drug-likeness (QED) is 0.890. The zero-order valence-electron chi connectivity index (χ0n) is 8.81. The van der Waals surface area contributed by atoms with Gasteiger partial charge in [-0.25, -0.2) is 0 Å². The van der Waals surface area contributed by atoms with Crippen molar-refractivity contribution >= 4 is 39.0 Å². The third-order valence-electron chi connectivity index (χ3n) is 2.18. The fourth-order valence-electron chi connectivity index (χ4n) is 1.38. The van der Waals surface area contributed by atoms with Gasteiger partial charge in [0.1, 0.15) is 0 Å². The number of halogens is 1. The van der Waals surface area contributed by atoms with Crippen LogP contribution in [0.3, 0.4) is 0 Å². The maximum atomic E-state index is 5.87. The highest BCUT2D eigenvalue weighted by Crippen LogP contribution is 2.34. The van der Waals surface area contributed by atoms with Crippen molar-refractivity contribution in [3.8, 4) is 0 Å². The van der Waals surface area contributed by atoms with Gasteiger partial charge >= 0.3 is 0 Å². The molecule has 0 fully saturated rings. The normalized spacial score (nSPS) is 12.7. The van der Waals surface area contributed by atoms with Crippen molar-refractivity contribution in [1.29, 1.82) is 0 Å². The molecule has 4 heteroatoms. The molecular weight excluding hydrogens is 302 g/mol. The van der Waals surface area contributed by atoms with E-state index < -0.39 is 0 Å². The van der Waals surface area contributed by atoms with Crippen LogP contribution in [-0.4, -0.2) is 0 Å². The summed E-state index contributed by atoms with van der Waals surface area (Å²) in [5.74, 6) is 0. The molecule has 84 valence electrons. The summed E-state index contributed by atoms with van der Waals surface area (Å²) in [6.07, 6.45) is 0. The Kier molecular flexibility index (Phi) is 4.08. The summed E-state index contributed by atoms with van der Waals surface area (Å²) in [6, 6.07) is 10.6. The van der Waals surface area contributed by atoms with Gasteiger partial charge in [0, 0.05) is 15.4 Å². The van der Waals surface area contributed by atoms with Crippen LogP contribution < -0.4 is 5.73 Å². The maximum absolute atomic E-state index is 5.87. The molecule has 0 aliphatic heterocycles. The molecule has 0 radical (unpaired) electrons. The Hall–Kier alpha value is -0.290. The standard InChI is InChI=1S/C12H12BrNS2/c1-8(14)10-5-4-9(7-11(10)13)16-12-3-2-6-15-12/h2-8H,14H2,1H3/t8-/m0/s1. The van der Waals surface area contributed by atoms with Crippen LogP contribution in [0.15, 0.2) is 49.3 Å². The molecule has 0 spiro atoms. The van der Waals surface area contributed by atoms with Crippen molar-refractivity contribution in [1.82, 2.24) is 0 Å². The van der Waals surface area contributed by atoms with Crippen LogP contribution in [0.1, 0.15) is 18.5 Å². The van der Waals surface area contributed by atoms with Crippen molar-refractivity contribution in [2.45, 2.75) is 22.1 Å². The second-order valence-electron chi connectivity index (χ2n) is 3.51. The van der Waals surface area contributed by atoms with Gasteiger partial charge in [-0.1, -0.05) is 39.8 Å². The molecule has 1 heterocycles. The summed E-state index contributed by atoms with van der Waals surface area (Å²) in [7, 11) is 0. The highest BCUT2D eigenvalue weighted by atomic mass is 79.9. The van der Waals surface area contributed by atoms with Crippen molar-refractivity contribution < 1.29 is 0 Å². The molecule has 1 nitrogen and oxygen atoms in total. The lowest BCUT2D eigenvalue weighted by molar-refractivity contribution is 0.811. The molecule has 0 saturated carbocycles. The maximum Gasteiger partial charge on any atom is 0.0646 e. The van der Waals surface area contributed by atoms with E-state index >= 15 is 0 Å². The molecule has 16 heavy (non-hydrogen) atoms. The number of rotatable bonds is 3. The average molecular weight is 314 g/mol. The van der Waals surface area contributed by atoms with Crippen molar-refractivity contribution in [2.24, 2.45) is 5.73 Å². The number of thiophene rings is 1. The van der Waals surface area contributed by atoms with Gasteiger partial charge in [0.2, 0.25) is 0 Å². The van der Waals surface area contributed by atoms with E-state index in [9.17, 15) is 0 Å². The lowest BCUT2D eigenvalue weighted by Crippen LogP contribution is -2.05. The Bertz CT molecular complexity index is 466. The Labute approximate surface area is 112 Å². The third kappa shape index (κ3) is 2.88. The highest BCUT2D eigenvalue weighted by molar-refractivity contribution is 9.10. The minimum absolute atomic E-state index is 0.0650. The first-order chi connectivity index (χ1) is 7.66. The fourth-order valence-corrected chi connectivity index (χ4v) is 4.06. The first kappa shape index (κ1) is 12.2. The van der Waals surface area contributed by atoms with Crippen molar-refractivity contribution in [3.63, 3.8) is 0 Å². The molecule has 1 aromatic heterocycles. The van der Waals surface area contributed by atoms with Crippen molar-refractivity contribution in [3.05, 3.63) is 45.7 Å². The van der Waals surface area contributed by atoms with Crippen LogP contribution in [0, 0.1) is 0 Å². The Morgan fingerprint density at radius 1 is 1.38 bits per heavy atom. The zero-order chi connectivity index (χ0) is 11.5. The Balaban J connectivity index is 2.21. The van der Waals surface area contributed by atoms with Gasteiger partial charge in [0.05, 0.1) is 4.21 Å². The molecule has 0 bridgehead atoms. The summed E-state index contributed by atoms with van der Waals surface area (Å²) in [5, 5.41) is 2.09. The first-order valence-electron chi connectivity index (χ1n) is 4.93. The van der Waals surface area contributed by atoms with Gasteiger partial charge in [-0.15, -0.1) is 11.3 Å². The van der Waals surface area contributed by atoms with Gasteiger partial charge < -0.3 is 5.73 Å². The molecule has 0 amide bonds. The van der Waals surface area contributed by atoms with Crippen LogP contribution in [0.2, 0.25) is 0 Å². The van der Waals surface area contributed by atoms with Crippen molar-refractivity contribution in [2.75, 3.05) is 0 Å². The van der Waals surface area contributed by atoms with Crippen LogP contribution >= 0.6 is 39.0 Å². The van der Waals surface area contributed by atoms with Gasteiger partial charge in [-0.05, 0) is 36.1 Å². The second kappa shape index (κ2) is 5.36. The van der Waals surface area contributed by atoms with E-state index in [4.69, 9.17) is 5.73 Å². The Morgan fingerprint density at radius 2 is 2.19 bits per heavy atom. The SMILES string of the molecule is C[C@H](N)c1ccc(Sc2cccs2)cc1Br. The minimum atomic E-state index is 0.0650. The van der Waals surface area contributed by atoms with E-state index in [1.165, 1.54) is 9.10 Å². The summed E-state index contributed by atoms with van der Waals surface area (Å²) >= 11 is 7.10. The van der Waals surface area contributed by atoms with E-state index in [0.717, 1.165) is 10.0 Å². The van der Waals surface area contributed by atoms with Crippen LogP contribution in [0.25, 0.3) is 0 Å². The molecule has 1 aromatic carbocycles. The van der Waals surface area contributed by atoms with Gasteiger partial charge in [-0.2, -0.15) is 0 Å². The molecule has 2 N–H and O–H groups in total. The van der Waals surface area contributed by atoms with Gasteiger partial charge in [0.15, 0.2) is 0 Å². The van der Waals surface area contributed by atoms with Gasteiger partial charge in [-0.3, -0.25) is 0 Å². The summed E-state index contributed by atoms with van der Waals surface area (Å²) in [5.41, 5.74) is 7.01. The number of hydrogen-bond acceptors (Lipinski definition) is 3. The average Bonchev–Trinajstić information content (AvgIpc) is 2.70. The lowest BCUT2D eigenvalue weighted by Gasteiger charge is -2.09.